The number of imidazole rings is 1. The van der Waals surface area contributed by atoms with Gasteiger partial charge in [0.25, 0.3) is 0 Å². The topological polar surface area (TPSA) is 85.7 Å². The minimum absolute atomic E-state index is 0.269. The summed E-state index contributed by atoms with van der Waals surface area (Å²) < 4.78 is 2.14. The summed E-state index contributed by atoms with van der Waals surface area (Å²) in [6.45, 7) is 10.5. The van der Waals surface area contributed by atoms with E-state index >= 15 is 0 Å². The average molecular weight is 428 g/mol. The maximum atomic E-state index is 9.48. The highest BCUT2D eigenvalue weighted by Gasteiger charge is 2.14. The van der Waals surface area contributed by atoms with E-state index in [1.54, 1.807) is 12.1 Å². The lowest BCUT2D eigenvalue weighted by molar-refractivity contribution is 0.475. The van der Waals surface area contributed by atoms with E-state index in [2.05, 4.69) is 53.6 Å². The molecular weight excluding hydrogens is 398 g/mol. The molecule has 164 valence electrons. The molecule has 0 aliphatic carbocycles. The molecule has 1 aromatic carbocycles. The molecule has 0 aliphatic rings. The Labute approximate surface area is 189 Å². The van der Waals surface area contributed by atoms with Crippen molar-refractivity contribution in [2.45, 2.75) is 39.5 Å². The molecule has 2 N–H and O–H groups in total. The third-order valence-corrected chi connectivity index (χ3v) is 5.60. The van der Waals surface area contributed by atoms with Crippen LogP contribution in [-0.4, -0.2) is 27.8 Å². The van der Waals surface area contributed by atoms with Crippen LogP contribution in [0.5, 0.6) is 5.75 Å². The lowest BCUT2D eigenvalue weighted by Gasteiger charge is -2.14. The van der Waals surface area contributed by atoms with Crippen molar-refractivity contribution in [2.24, 2.45) is 4.99 Å². The van der Waals surface area contributed by atoms with Crippen molar-refractivity contribution in [3.63, 3.8) is 0 Å². The van der Waals surface area contributed by atoms with Crippen LogP contribution < -0.4 is 5.32 Å². The summed E-state index contributed by atoms with van der Waals surface area (Å²) in [5.74, 6) is 0.639. The maximum absolute atomic E-state index is 9.48. The maximum Gasteiger partial charge on any atom is 0.160 e. The van der Waals surface area contributed by atoms with Crippen LogP contribution in [0.3, 0.4) is 0 Å². The third-order valence-electron chi connectivity index (χ3n) is 5.60. The van der Waals surface area contributed by atoms with E-state index in [9.17, 15) is 10.4 Å². The fraction of sp³-hybridized carbons (Fsp3) is 0.269. The van der Waals surface area contributed by atoms with Gasteiger partial charge in [-0.05, 0) is 73.4 Å². The molecule has 0 radical (unpaired) electrons. The highest BCUT2D eigenvalue weighted by atomic mass is 16.3. The van der Waals surface area contributed by atoms with Gasteiger partial charge in [0.2, 0.25) is 0 Å². The summed E-state index contributed by atoms with van der Waals surface area (Å²) in [5.41, 5.74) is 6.52. The summed E-state index contributed by atoms with van der Waals surface area (Å²) >= 11 is 0. The van der Waals surface area contributed by atoms with E-state index in [1.165, 1.54) is 6.20 Å². The monoisotopic (exact) mass is 427 g/mol. The van der Waals surface area contributed by atoms with Gasteiger partial charge in [-0.15, -0.1) is 0 Å². The highest BCUT2D eigenvalue weighted by Crippen LogP contribution is 2.28. The zero-order valence-corrected chi connectivity index (χ0v) is 18.8. The van der Waals surface area contributed by atoms with Gasteiger partial charge < -0.3 is 14.8 Å². The van der Waals surface area contributed by atoms with Crippen molar-refractivity contribution in [1.82, 2.24) is 9.38 Å². The number of hydrogen-bond acceptors (Lipinski definition) is 5. The van der Waals surface area contributed by atoms with Crippen LogP contribution in [0.15, 0.2) is 65.6 Å². The smallest absolute Gasteiger partial charge is 0.160 e. The Balaban J connectivity index is 1.98. The number of phenolic OH excluding ortho intramolecular Hbond substituents is 1. The van der Waals surface area contributed by atoms with Crippen LogP contribution in [0.2, 0.25) is 0 Å². The Morgan fingerprint density at radius 2 is 2.12 bits per heavy atom. The number of fused-ring (bicyclic) bond motifs is 1. The molecule has 32 heavy (non-hydrogen) atoms. The fourth-order valence-electron chi connectivity index (χ4n) is 3.54. The average Bonchev–Trinajstić information content (AvgIpc) is 3.23. The van der Waals surface area contributed by atoms with Crippen LogP contribution in [0.25, 0.3) is 11.2 Å². The first kappa shape index (κ1) is 22.8. The second kappa shape index (κ2) is 10.5. The molecule has 0 amide bonds. The molecule has 0 bridgehead atoms. The Hall–Kier alpha value is -3.85. The molecular formula is C26H29N5O. The summed E-state index contributed by atoms with van der Waals surface area (Å²) in [6.07, 6.45) is 9.13. The molecule has 1 atom stereocenters. The fourth-order valence-corrected chi connectivity index (χ4v) is 3.54. The van der Waals surface area contributed by atoms with Gasteiger partial charge in [0.15, 0.2) is 5.65 Å². The number of nitrogens with zero attached hydrogens (tertiary/aromatic N) is 4. The predicted octanol–water partition coefficient (Wildman–Crippen LogP) is 5.72. The number of aromatic hydroxyl groups is 1. The third kappa shape index (κ3) is 5.25. The second-order valence-corrected chi connectivity index (χ2v) is 7.88. The number of nitrogens with one attached hydrogen (secondary N) is 1. The summed E-state index contributed by atoms with van der Waals surface area (Å²) in [6, 6.07) is 11.5. The van der Waals surface area contributed by atoms with Crippen LogP contribution in [0.1, 0.15) is 49.9 Å². The van der Waals surface area contributed by atoms with Crippen LogP contribution >= 0.6 is 0 Å². The number of hydrogen-bond donors (Lipinski definition) is 2. The number of benzene rings is 1. The standard InChI is InChI=1S/C26H29N5O/c1-5-18(2)25-16-30-26-24(29-11-10-20-6-8-23(32)9-7-20)13-22(17-31(25)26)19(3)12-21(14-27)15-28-4/h6-9,12-13,15-18,29,32H,4-5,10-11H2,1-3H3/b19-12+,21-15+. The van der Waals surface area contributed by atoms with Crippen LogP contribution in [0.4, 0.5) is 5.69 Å². The Morgan fingerprint density at radius 3 is 2.78 bits per heavy atom. The molecule has 0 fully saturated rings. The predicted molar refractivity (Wildman–Crippen MR) is 131 cm³/mol. The molecule has 2 aromatic heterocycles. The largest absolute Gasteiger partial charge is 0.508 e. The van der Waals surface area contributed by atoms with Gasteiger partial charge >= 0.3 is 0 Å². The first-order valence-corrected chi connectivity index (χ1v) is 10.7. The van der Waals surface area contributed by atoms with Crippen molar-refractivity contribution >= 4 is 23.6 Å². The zero-order chi connectivity index (χ0) is 23.1. The van der Waals surface area contributed by atoms with Crippen molar-refractivity contribution in [2.75, 3.05) is 11.9 Å². The van der Waals surface area contributed by atoms with Gasteiger partial charge in [0.1, 0.15) is 11.8 Å². The Morgan fingerprint density at radius 1 is 1.38 bits per heavy atom. The summed E-state index contributed by atoms with van der Waals surface area (Å²) in [4.78, 5) is 8.41. The van der Waals surface area contributed by atoms with E-state index in [1.807, 2.05) is 31.3 Å². The lowest BCUT2D eigenvalue weighted by atomic mass is 10.0. The van der Waals surface area contributed by atoms with Gasteiger partial charge in [0, 0.05) is 30.8 Å². The van der Waals surface area contributed by atoms with Gasteiger partial charge in [-0.25, -0.2) is 4.98 Å². The molecule has 0 saturated carbocycles. The lowest BCUT2D eigenvalue weighted by Crippen LogP contribution is -2.08. The first-order chi connectivity index (χ1) is 15.5. The number of rotatable bonds is 9. The summed E-state index contributed by atoms with van der Waals surface area (Å²) in [5, 5.41) is 22.3. The van der Waals surface area contributed by atoms with Crippen molar-refractivity contribution in [3.8, 4) is 11.8 Å². The van der Waals surface area contributed by atoms with Crippen LogP contribution in [0, 0.1) is 11.3 Å². The molecule has 0 aliphatic heterocycles. The second-order valence-electron chi connectivity index (χ2n) is 7.88. The molecule has 0 saturated heterocycles. The first-order valence-electron chi connectivity index (χ1n) is 10.7. The van der Waals surface area contributed by atoms with E-state index in [0.29, 0.717) is 11.5 Å². The van der Waals surface area contributed by atoms with Gasteiger partial charge in [-0.2, -0.15) is 5.26 Å². The normalized spacial score (nSPS) is 13.1. The van der Waals surface area contributed by atoms with E-state index in [-0.39, 0.29) is 5.75 Å². The number of anilines is 1. The number of nitriles is 1. The van der Waals surface area contributed by atoms with Crippen molar-refractivity contribution in [3.05, 3.63) is 77.4 Å². The number of aliphatic imine (C=N–C) groups is 1. The minimum Gasteiger partial charge on any atom is -0.508 e. The van der Waals surface area contributed by atoms with Gasteiger partial charge in [0.05, 0.1) is 11.3 Å². The number of pyridine rings is 1. The number of allylic oxidation sites excluding steroid dienone is 3. The zero-order valence-electron chi connectivity index (χ0n) is 18.8. The molecule has 1 unspecified atom stereocenters. The number of phenols is 1. The minimum atomic E-state index is 0.269. The number of aromatic nitrogens is 2. The Bertz CT molecular complexity index is 1200. The van der Waals surface area contributed by atoms with Crippen LogP contribution in [-0.2, 0) is 6.42 Å². The van der Waals surface area contributed by atoms with E-state index < -0.39 is 0 Å². The molecule has 6 heteroatoms. The summed E-state index contributed by atoms with van der Waals surface area (Å²) in [7, 11) is 0. The van der Waals surface area contributed by atoms with Crippen molar-refractivity contribution < 1.29 is 5.11 Å². The molecule has 6 nitrogen and oxygen atoms in total. The molecule has 2 heterocycles. The van der Waals surface area contributed by atoms with E-state index in [0.717, 1.165) is 53.1 Å². The molecule has 3 rings (SSSR count). The molecule has 0 spiro atoms. The molecule has 3 aromatic rings. The SMILES string of the molecule is C=N/C=C(C#N)\C=C(/C)c1cc(NCCc2ccc(O)cc2)c2ncc(C(C)CC)n2c1. The van der Waals surface area contributed by atoms with Crippen molar-refractivity contribution in [1.29, 1.82) is 5.26 Å². The van der Waals surface area contributed by atoms with Gasteiger partial charge in [-0.1, -0.05) is 26.0 Å². The van der Waals surface area contributed by atoms with E-state index in [4.69, 9.17) is 4.98 Å². The Kier molecular flexibility index (Phi) is 7.45. The van der Waals surface area contributed by atoms with Gasteiger partial charge in [-0.3, -0.25) is 4.99 Å². The quantitative estimate of drug-likeness (QED) is 0.260. The highest BCUT2D eigenvalue weighted by molar-refractivity contribution is 5.76.